The zero-order chi connectivity index (χ0) is 13.5. The summed E-state index contributed by atoms with van der Waals surface area (Å²) in [6, 6.07) is 14.2. The van der Waals surface area contributed by atoms with E-state index in [4.69, 9.17) is 4.74 Å². The van der Waals surface area contributed by atoms with Crippen LogP contribution in [0, 0.1) is 0 Å². The van der Waals surface area contributed by atoms with E-state index in [1.165, 1.54) is 0 Å². The largest absolute Gasteiger partial charge is 0.496 e. The van der Waals surface area contributed by atoms with Gasteiger partial charge >= 0.3 is 0 Å². The number of fused-ring (bicyclic) bond motifs is 1. The second kappa shape index (κ2) is 4.38. The van der Waals surface area contributed by atoms with Crippen LogP contribution in [0.5, 0.6) is 5.75 Å². The van der Waals surface area contributed by atoms with Crippen LogP contribution in [-0.4, -0.2) is 15.5 Å². The van der Waals surface area contributed by atoms with Gasteiger partial charge in [0.15, 0.2) is 9.84 Å². The third-order valence-electron chi connectivity index (χ3n) is 3.57. The van der Waals surface area contributed by atoms with Crippen LogP contribution >= 0.6 is 0 Å². The molecule has 0 N–H and O–H groups in total. The average Bonchev–Trinajstić information content (AvgIpc) is 2.40. The Hall–Kier alpha value is -1.81. The van der Waals surface area contributed by atoms with Crippen molar-refractivity contribution in [3.05, 3.63) is 59.7 Å². The summed E-state index contributed by atoms with van der Waals surface area (Å²) in [6.45, 7) is 0. The van der Waals surface area contributed by atoms with E-state index in [0.29, 0.717) is 11.3 Å². The molecule has 1 unspecified atom stereocenters. The van der Waals surface area contributed by atoms with Crippen LogP contribution in [0.3, 0.4) is 0 Å². The highest BCUT2D eigenvalue weighted by atomic mass is 32.2. The first kappa shape index (κ1) is 12.2. The van der Waals surface area contributed by atoms with E-state index in [1.54, 1.807) is 31.4 Å². The van der Waals surface area contributed by atoms with Crippen molar-refractivity contribution in [2.75, 3.05) is 7.11 Å². The lowest BCUT2D eigenvalue weighted by Gasteiger charge is -2.31. The maximum absolute atomic E-state index is 12.5. The van der Waals surface area contributed by atoms with Gasteiger partial charge in [0.1, 0.15) is 5.75 Å². The van der Waals surface area contributed by atoms with Crippen LogP contribution in [0.15, 0.2) is 53.4 Å². The normalized spacial score (nSPS) is 17.4. The fraction of sp³-hybridized carbons (Fsp3) is 0.200. The predicted molar refractivity (Wildman–Crippen MR) is 73.1 cm³/mol. The average molecular weight is 274 g/mol. The highest BCUT2D eigenvalue weighted by Gasteiger charge is 2.39. The SMILES string of the molecule is COc1cccc2c1CC2S(=O)(=O)c1ccccc1. The Labute approximate surface area is 112 Å². The number of methoxy groups -OCH3 is 1. The first-order chi connectivity index (χ1) is 9.14. The molecule has 0 bridgehead atoms. The molecule has 0 aromatic heterocycles. The summed E-state index contributed by atoms with van der Waals surface area (Å²) in [5, 5.41) is -0.444. The van der Waals surface area contributed by atoms with Gasteiger partial charge in [-0.1, -0.05) is 30.3 Å². The molecule has 0 radical (unpaired) electrons. The highest BCUT2D eigenvalue weighted by molar-refractivity contribution is 7.91. The summed E-state index contributed by atoms with van der Waals surface area (Å²) < 4.78 is 30.3. The second-order valence-electron chi connectivity index (χ2n) is 4.58. The topological polar surface area (TPSA) is 43.4 Å². The first-order valence-corrected chi connectivity index (χ1v) is 7.64. The molecule has 2 aromatic rings. The number of ether oxygens (including phenoxy) is 1. The maximum Gasteiger partial charge on any atom is 0.185 e. The monoisotopic (exact) mass is 274 g/mol. The lowest BCUT2D eigenvalue weighted by molar-refractivity contribution is 0.404. The van der Waals surface area contributed by atoms with Crippen molar-refractivity contribution in [1.82, 2.24) is 0 Å². The van der Waals surface area contributed by atoms with Gasteiger partial charge in [-0.05, 0) is 30.2 Å². The van der Waals surface area contributed by atoms with Gasteiger partial charge in [-0.3, -0.25) is 0 Å². The van der Waals surface area contributed by atoms with Gasteiger partial charge in [0.25, 0.3) is 0 Å². The first-order valence-electron chi connectivity index (χ1n) is 6.09. The molecule has 0 spiro atoms. The molecule has 3 nitrogen and oxygen atoms in total. The summed E-state index contributed by atoms with van der Waals surface area (Å²) in [7, 11) is -1.69. The van der Waals surface area contributed by atoms with Crippen LogP contribution in [0.4, 0.5) is 0 Å². The number of benzene rings is 2. The van der Waals surface area contributed by atoms with Crippen molar-refractivity contribution < 1.29 is 13.2 Å². The number of hydrogen-bond acceptors (Lipinski definition) is 3. The van der Waals surface area contributed by atoms with E-state index >= 15 is 0 Å². The molecule has 0 heterocycles. The van der Waals surface area contributed by atoms with Crippen LogP contribution < -0.4 is 4.74 Å². The zero-order valence-corrected chi connectivity index (χ0v) is 11.4. The Morgan fingerprint density at radius 2 is 1.79 bits per heavy atom. The van der Waals surface area contributed by atoms with Crippen molar-refractivity contribution in [1.29, 1.82) is 0 Å². The predicted octanol–water partition coefficient (Wildman–Crippen LogP) is 2.77. The molecular weight excluding hydrogens is 260 g/mol. The van der Waals surface area contributed by atoms with E-state index < -0.39 is 15.1 Å². The van der Waals surface area contributed by atoms with Gasteiger partial charge in [-0.2, -0.15) is 0 Å². The molecule has 1 aliphatic rings. The summed E-state index contributed by atoms with van der Waals surface area (Å²) in [5.41, 5.74) is 1.87. The molecule has 19 heavy (non-hydrogen) atoms. The smallest absolute Gasteiger partial charge is 0.185 e. The van der Waals surface area contributed by atoms with E-state index in [1.807, 2.05) is 24.3 Å². The molecule has 1 aliphatic carbocycles. The molecule has 0 fully saturated rings. The number of hydrogen-bond donors (Lipinski definition) is 0. The van der Waals surface area contributed by atoms with Gasteiger partial charge in [-0.25, -0.2) is 8.42 Å². The summed E-state index contributed by atoms with van der Waals surface area (Å²) in [6.07, 6.45) is 0.524. The molecular formula is C15H14O3S. The number of sulfone groups is 1. The maximum atomic E-state index is 12.5. The van der Waals surface area contributed by atoms with Crippen molar-refractivity contribution >= 4 is 9.84 Å². The Kier molecular flexibility index (Phi) is 2.82. The summed E-state index contributed by atoms with van der Waals surface area (Å²) >= 11 is 0. The molecule has 3 rings (SSSR count). The fourth-order valence-electron chi connectivity index (χ4n) is 2.51. The van der Waals surface area contributed by atoms with Gasteiger partial charge in [0, 0.05) is 5.56 Å². The molecule has 0 aliphatic heterocycles. The third kappa shape index (κ3) is 1.83. The van der Waals surface area contributed by atoms with Crippen molar-refractivity contribution in [3.63, 3.8) is 0 Å². The minimum Gasteiger partial charge on any atom is -0.496 e. The van der Waals surface area contributed by atoms with E-state index in [-0.39, 0.29) is 0 Å². The second-order valence-corrected chi connectivity index (χ2v) is 6.71. The Balaban J connectivity index is 2.02. The molecule has 4 heteroatoms. The summed E-state index contributed by atoms with van der Waals surface area (Å²) in [4.78, 5) is 0.383. The minimum atomic E-state index is -3.30. The van der Waals surface area contributed by atoms with Gasteiger partial charge in [0.2, 0.25) is 0 Å². The van der Waals surface area contributed by atoms with Crippen LogP contribution in [-0.2, 0) is 16.3 Å². The van der Waals surface area contributed by atoms with Crippen molar-refractivity contribution in [2.24, 2.45) is 0 Å². The number of rotatable bonds is 3. The van der Waals surface area contributed by atoms with Gasteiger partial charge in [0.05, 0.1) is 17.3 Å². The van der Waals surface area contributed by atoms with Gasteiger partial charge in [-0.15, -0.1) is 0 Å². The van der Waals surface area contributed by atoms with Crippen molar-refractivity contribution in [3.8, 4) is 5.75 Å². The van der Waals surface area contributed by atoms with E-state index in [2.05, 4.69) is 0 Å². The molecule has 98 valence electrons. The Bertz CT molecular complexity index is 705. The van der Waals surface area contributed by atoms with Crippen LogP contribution in [0.1, 0.15) is 16.4 Å². The van der Waals surface area contributed by atoms with Crippen LogP contribution in [0.2, 0.25) is 0 Å². The molecule has 0 saturated carbocycles. The summed E-state index contributed by atoms with van der Waals surface area (Å²) in [5.74, 6) is 0.775. The van der Waals surface area contributed by atoms with Crippen LogP contribution in [0.25, 0.3) is 0 Å². The Morgan fingerprint density at radius 3 is 2.47 bits per heavy atom. The fourth-order valence-corrected chi connectivity index (χ4v) is 4.32. The zero-order valence-electron chi connectivity index (χ0n) is 10.5. The molecule has 2 aromatic carbocycles. The lowest BCUT2D eigenvalue weighted by atomic mass is 9.87. The Morgan fingerprint density at radius 1 is 1.05 bits per heavy atom. The quantitative estimate of drug-likeness (QED) is 0.864. The molecule has 1 atom stereocenters. The third-order valence-corrected chi connectivity index (χ3v) is 5.67. The molecule has 0 saturated heterocycles. The van der Waals surface area contributed by atoms with Crippen molar-refractivity contribution in [2.45, 2.75) is 16.6 Å². The standard InChI is InChI=1S/C15H14O3S/c1-18-14-9-5-8-12-13(14)10-15(12)19(16,17)11-6-3-2-4-7-11/h2-9,15H,10H2,1H3. The van der Waals surface area contributed by atoms with E-state index in [0.717, 1.165) is 16.9 Å². The van der Waals surface area contributed by atoms with Gasteiger partial charge < -0.3 is 4.74 Å². The highest BCUT2D eigenvalue weighted by Crippen LogP contribution is 2.45. The lowest BCUT2D eigenvalue weighted by Crippen LogP contribution is -2.26. The van der Waals surface area contributed by atoms with E-state index in [9.17, 15) is 8.42 Å². The molecule has 0 amide bonds. The minimum absolute atomic E-state index is 0.383.